The van der Waals surface area contributed by atoms with E-state index >= 15 is 0 Å². The molecule has 3 rings (SSSR count). The average Bonchev–Trinajstić information content (AvgIpc) is 2.87. The largest absolute Gasteiger partial charge is 0.427 e. The molecule has 0 bridgehead atoms. The Labute approximate surface area is 176 Å². The lowest BCUT2D eigenvalue weighted by Gasteiger charge is -2.29. The highest BCUT2D eigenvalue weighted by atomic mass is 79.9. The van der Waals surface area contributed by atoms with E-state index in [-0.39, 0.29) is 39.3 Å². The van der Waals surface area contributed by atoms with Gasteiger partial charge in [-0.15, -0.1) is 0 Å². The van der Waals surface area contributed by atoms with Gasteiger partial charge in [0.05, 0.1) is 17.5 Å². The van der Waals surface area contributed by atoms with Crippen molar-refractivity contribution in [3.63, 3.8) is 0 Å². The molecule has 0 spiro atoms. The van der Waals surface area contributed by atoms with Crippen molar-refractivity contribution < 1.29 is 19.1 Å². The number of anilines is 1. The van der Waals surface area contributed by atoms with E-state index in [0.29, 0.717) is 30.7 Å². The van der Waals surface area contributed by atoms with Gasteiger partial charge in [0, 0.05) is 16.1 Å². The number of unbranched alkanes of at least 4 members (excludes halogenated alkanes) is 2. The summed E-state index contributed by atoms with van der Waals surface area (Å²) in [5.74, 6) is -0.658. The summed E-state index contributed by atoms with van der Waals surface area (Å²) in [7, 11) is 0. The Morgan fingerprint density at radius 1 is 1.04 bits per heavy atom. The molecule has 146 valence electrons. The van der Waals surface area contributed by atoms with Gasteiger partial charge in [0.15, 0.2) is 0 Å². The summed E-state index contributed by atoms with van der Waals surface area (Å²) in [6, 6.07) is 6.60. The molecule has 2 fully saturated rings. The smallest absolute Gasteiger partial charge is 0.311 e. The summed E-state index contributed by atoms with van der Waals surface area (Å²) < 4.78 is 5.32. The second-order valence-electron chi connectivity index (χ2n) is 7.15. The van der Waals surface area contributed by atoms with Crippen LogP contribution in [-0.4, -0.2) is 27.4 Å². The van der Waals surface area contributed by atoms with Crippen LogP contribution in [0.1, 0.15) is 45.4 Å². The molecule has 27 heavy (non-hydrogen) atoms. The number of rotatable bonds is 6. The van der Waals surface area contributed by atoms with E-state index in [1.807, 2.05) is 0 Å². The van der Waals surface area contributed by atoms with Crippen LogP contribution < -0.4 is 9.64 Å². The summed E-state index contributed by atoms with van der Waals surface area (Å²) >= 11 is 7.18. The molecule has 4 atom stereocenters. The maximum Gasteiger partial charge on any atom is 0.311 e. The quantitative estimate of drug-likeness (QED) is 0.188. The Hall–Kier alpha value is -1.21. The lowest BCUT2D eigenvalue weighted by molar-refractivity contribution is -0.134. The zero-order valence-corrected chi connectivity index (χ0v) is 18.4. The Bertz CT molecular complexity index is 693. The molecule has 1 saturated heterocycles. The van der Waals surface area contributed by atoms with Crippen molar-refractivity contribution in [1.29, 1.82) is 0 Å². The van der Waals surface area contributed by atoms with Gasteiger partial charge in [0.1, 0.15) is 5.75 Å². The predicted octanol–water partition coefficient (Wildman–Crippen LogP) is 4.60. The van der Waals surface area contributed by atoms with Gasteiger partial charge >= 0.3 is 5.97 Å². The highest BCUT2D eigenvalue weighted by Gasteiger charge is 2.52. The normalized spacial score (nSPS) is 27.6. The van der Waals surface area contributed by atoms with E-state index in [1.54, 1.807) is 24.3 Å². The fourth-order valence-corrected chi connectivity index (χ4v) is 4.95. The molecule has 1 aliphatic carbocycles. The SMILES string of the molecule is CCCCCC(=O)Oc1ccc(N2C(=O)[C@@H]3C[C@H](Br)[C@@H](Br)C[C@H]3C2=O)cc1. The molecule has 0 radical (unpaired) electrons. The van der Waals surface area contributed by atoms with Gasteiger partial charge in [-0.1, -0.05) is 51.6 Å². The zero-order chi connectivity index (χ0) is 19.6. The number of imide groups is 1. The molecule has 2 aliphatic rings. The zero-order valence-electron chi connectivity index (χ0n) is 15.2. The number of halogens is 2. The van der Waals surface area contributed by atoms with Crippen LogP contribution in [0.4, 0.5) is 5.69 Å². The minimum absolute atomic E-state index is 0.141. The molecule has 0 aromatic heterocycles. The van der Waals surface area contributed by atoms with Gasteiger partial charge in [-0.05, 0) is 43.5 Å². The van der Waals surface area contributed by atoms with E-state index in [1.165, 1.54) is 4.90 Å². The van der Waals surface area contributed by atoms with Gasteiger partial charge in [0.25, 0.3) is 0 Å². The molecule has 0 unspecified atom stereocenters. The van der Waals surface area contributed by atoms with Crippen molar-refractivity contribution in [2.75, 3.05) is 4.90 Å². The Balaban J connectivity index is 1.67. The molecule has 5 nitrogen and oxygen atoms in total. The number of esters is 1. The minimum atomic E-state index is -0.272. The third-order valence-electron chi connectivity index (χ3n) is 5.22. The number of carbonyl (C=O) groups is 3. The molecule has 1 aromatic carbocycles. The van der Waals surface area contributed by atoms with Crippen molar-refractivity contribution in [2.45, 2.75) is 55.1 Å². The second kappa shape index (κ2) is 8.86. The van der Waals surface area contributed by atoms with Crippen molar-refractivity contribution in [3.05, 3.63) is 24.3 Å². The minimum Gasteiger partial charge on any atom is -0.427 e. The molecular formula is C20H23Br2NO4. The number of amides is 2. The number of fused-ring (bicyclic) bond motifs is 1. The topological polar surface area (TPSA) is 63.7 Å². The van der Waals surface area contributed by atoms with E-state index in [2.05, 4.69) is 38.8 Å². The van der Waals surface area contributed by atoms with Crippen LogP contribution >= 0.6 is 31.9 Å². The third-order valence-corrected chi connectivity index (χ3v) is 7.96. The van der Waals surface area contributed by atoms with Crippen LogP contribution in [0.5, 0.6) is 5.75 Å². The molecule has 7 heteroatoms. The first-order valence-corrected chi connectivity index (χ1v) is 11.2. The molecule has 1 saturated carbocycles. The molecule has 1 heterocycles. The summed E-state index contributed by atoms with van der Waals surface area (Å²) in [6.45, 7) is 2.08. The molecule has 0 N–H and O–H groups in total. The predicted molar refractivity (Wildman–Crippen MR) is 110 cm³/mol. The van der Waals surface area contributed by atoms with E-state index < -0.39 is 0 Å². The fourth-order valence-electron chi connectivity index (χ4n) is 3.71. The second-order valence-corrected chi connectivity index (χ2v) is 9.51. The van der Waals surface area contributed by atoms with Gasteiger partial charge in [-0.2, -0.15) is 0 Å². The highest BCUT2D eigenvalue weighted by molar-refractivity contribution is 9.12. The van der Waals surface area contributed by atoms with Crippen LogP contribution in [0.3, 0.4) is 0 Å². The maximum absolute atomic E-state index is 12.8. The fraction of sp³-hybridized carbons (Fsp3) is 0.550. The number of alkyl halides is 2. The Morgan fingerprint density at radius 2 is 1.59 bits per heavy atom. The van der Waals surface area contributed by atoms with Crippen molar-refractivity contribution in [3.8, 4) is 5.75 Å². The van der Waals surface area contributed by atoms with Crippen LogP contribution in [0.25, 0.3) is 0 Å². The number of hydrogen-bond acceptors (Lipinski definition) is 4. The molecule has 2 amide bonds. The first-order valence-electron chi connectivity index (χ1n) is 9.39. The Kier molecular flexibility index (Phi) is 6.74. The van der Waals surface area contributed by atoms with E-state index in [4.69, 9.17) is 4.74 Å². The van der Waals surface area contributed by atoms with Crippen molar-refractivity contribution in [2.24, 2.45) is 11.8 Å². The standard InChI is InChI=1S/C20H23Br2NO4/c1-2-3-4-5-18(24)27-13-8-6-12(7-9-13)23-19(25)14-10-16(21)17(22)11-15(14)20(23)26/h6-9,14-17H,2-5,10-11H2,1H3/t14-,15-,16+,17+/m1/s1. The number of nitrogens with zero attached hydrogens (tertiary/aromatic N) is 1. The van der Waals surface area contributed by atoms with E-state index in [0.717, 1.165) is 19.3 Å². The van der Waals surface area contributed by atoms with Crippen molar-refractivity contribution in [1.82, 2.24) is 0 Å². The molecule has 1 aliphatic heterocycles. The number of carbonyl (C=O) groups excluding carboxylic acids is 3. The summed E-state index contributed by atoms with van der Waals surface area (Å²) in [5, 5.41) is 0. The van der Waals surface area contributed by atoms with Gasteiger partial charge in [-0.3, -0.25) is 19.3 Å². The first kappa shape index (κ1) is 20.5. The third kappa shape index (κ3) is 4.45. The average molecular weight is 501 g/mol. The first-order chi connectivity index (χ1) is 12.9. The Morgan fingerprint density at radius 3 is 2.11 bits per heavy atom. The number of ether oxygens (including phenoxy) is 1. The van der Waals surface area contributed by atoms with Gasteiger partial charge < -0.3 is 4.74 Å². The van der Waals surface area contributed by atoms with Crippen LogP contribution in [-0.2, 0) is 14.4 Å². The summed E-state index contributed by atoms with van der Waals surface area (Å²) in [6.07, 6.45) is 4.55. The monoisotopic (exact) mass is 499 g/mol. The highest BCUT2D eigenvalue weighted by Crippen LogP contribution is 2.44. The van der Waals surface area contributed by atoms with Crippen LogP contribution in [0, 0.1) is 11.8 Å². The van der Waals surface area contributed by atoms with Gasteiger partial charge in [-0.25, -0.2) is 0 Å². The maximum atomic E-state index is 12.8. The summed E-state index contributed by atoms with van der Waals surface area (Å²) in [4.78, 5) is 39.1. The van der Waals surface area contributed by atoms with Crippen LogP contribution in [0.2, 0.25) is 0 Å². The summed E-state index contributed by atoms with van der Waals surface area (Å²) in [5.41, 5.74) is 0.530. The lowest BCUT2D eigenvalue weighted by atomic mass is 9.81. The number of hydrogen-bond donors (Lipinski definition) is 0. The van der Waals surface area contributed by atoms with Crippen molar-refractivity contribution >= 4 is 55.3 Å². The lowest BCUT2D eigenvalue weighted by Crippen LogP contribution is -2.34. The number of benzene rings is 1. The van der Waals surface area contributed by atoms with Gasteiger partial charge in [0.2, 0.25) is 11.8 Å². The van der Waals surface area contributed by atoms with E-state index in [9.17, 15) is 14.4 Å². The molecular weight excluding hydrogens is 478 g/mol. The molecule has 1 aromatic rings. The van der Waals surface area contributed by atoms with Crippen LogP contribution in [0.15, 0.2) is 24.3 Å².